The zero-order valence-electron chi connectivity index (χ0n) is 5.81. The van der Waals surface area contributed by atoms with Crippen molar-refractivity contribution in [2.45, 2.75) is 5.75 Å². The van der Waals surface area contributed by atoms with E-state index in [1.54, 1.807) is 0 Å². The molecule has 0 spiro atoms. The maximum absolute atomic E-state index is 10.4. The molecule has 0 radical (unpaired) electrons. The summed E-state index contributed by atoms with van der Waals surface area (Å²) < 4.78 is 29.2. The van der Waals surface area contributed by atoms with Crippen LogP contribution in [0, 0.1) is 0 Å². The van der Waals surface area contributed by atoms with Gasteiger partial charge < -0.3 is 0 Å². The van der Waals surface area contributed by atoms with Gasteiger partial charge in [0.25, 0.3) is 10.1 Å². The molecular formula is C5H5ClN2O3S. The van der Waals surface area contributed by atoms with Crippen molar-refractivity contribution >= 4 is 21.7 Å². The van der Waals surface area contributed by atoms with Crippen molar-refractivity contribution in [2.24, 2.45) is 0 Å². The van der Waals surface area contributed by atoms with E-state index < -0.39 is 15.9 Å². The van der Waals surface area contributed by atoms with E-state index in [9.17, 15) is 8.42 Å². The van der Waals surface area contributed by atoms with Gasteiger partial charge in [0.15, 0.2) is 0 Å². The topological polar surface area (TPSA) is 80.2 Å². The highest BCUT2D eigenvalue weighted by Crippen LogP contribution is 2.06. The number of hydrogen-bond acceptors (Lipinski definition) is 4. The third kappa shape index (κ3) is 3.12. The van der Waals surface area contributed by atoms with Gasteiger partial charge in [0, 0.05) is 0 Å². The molecule has 0 fully saturated rings. The predicted octanol–water partition coefficient (Wildman–Crippen LogP) is 0.518. The smallest absolute Gasteiger partial charge is 0.270 e. The maximum Gasteiger partial charge on any atom is 0.270 e. The Kier molecular flexibility index (Phi) is 2.61. The van der Waals surface area contributed by atoms with Crippen LogP contribution in [0.5, 0.6) is 0 Å². The first-order valence-electron chi connectivity index (χ1n) is 2.89. The lowest BCUT2D eigenvalue weighted by atomic mass is 10.5. The molecule has 1 aromatic rings. The molecule has 12 heavy (non-hydrogen) atoms. The third-order valence-electron chi connectivity index (χ3n) is 1.02. The van der Waals surface area contributed by atoms with Gasteiger partial charge in [0.05, 0.1) is 5.69 Å². The normalized spacial score (nSPS) is 11.5. The van der Waals surface area contributed by atoms with Gasteiger partial charge in [0.2, 0.25) is 0 Å². The van der Waals surface area contributed by atoms with E-state index in [1.807, 2.05) is 0 Å². The van der Waals surface area contributed by atoms with E-state index in [2.05, 4.69) is 9.97 Å². The number of rotatable bonds is 2. The first-order valence-corrected chi connectivity index (χ1v) is 4.88. The highest BCUT2D eigenvalue weighted by Gasteiger charge is 2.07. The molecule has 5 nitrogen and oxygen atoms in total. The summed E-state index contributed by atoms with van der Waals surface area (Å²) in [5, 5.41) is 0.142. The van der Waals surface area contributed by atoms with Crippen LogP contribution in [0.15, 0.2) is 12.4 Å². The van der Waals surface area contributed by atoms with Crippen molar-refractivity contribution in [2.75, 3.05) is 0 Å². The number of nitrogens with zero attached hydrogens (tertiary/aromatic N) is 2. The standard InChI is InChI=1S/C5H5ClN2O3S/c6-5-1-4(7-3-8-5)2-12(9,10)11/h1,3H,2H2,(H,9,10,11). The molecule has 0 aliphatic rings. The molecule has 1 aromatic heterocycles. The van der Waals surface area contributed by atoms with E-state index in [0.29, 0.717) is 0 Å². The van der Waals surface area contributed by atoms with E-state index in [0.717, 1.165) is 6.33 Å². The van der Waals surface area contributed by atoms with Gasteiger partial charge in [-0.1, -0.05) is 11.6 Å². The summed E-state index contributed by atoms with van der Waals surface area (Å²) in [6.45, 7) is 0. The number of hydrogen-bond donors (Lipinski definition) is 1. The summed E-state index contributed by atoms with van der Waals surface area (Å²) in [6.07, 6.45) is 1.13. The summed E-state index contributed by atoms with van der Waals surface area (Å²) >= 11 is 5.45. The first-order chi connectivity index (χ1) is 5.47. The number of aromatic nitrogens is 2. The van der Waals surface area contributed by atoms with E-state index in [4.69, 9.17) is 16.2 Å². The van der Waals surface area contributed by atoms with Crippen molar-refractivity contribution in [3.8, 4) is 0 Å². The van der Waals surface area contributed by atoms with Crippen LogP contribution in [0.4, 0.5) is 0 Å². The van der Waals surface area contributed by atoms with Crippen LogP contribution in [0.1, 0.15) is 5.69 Å². The lowest BCUT2D eigenvalue weighted by molar-refractivity contribution is 0.481. The van der Waals surface area contributed by atoms with Crippen LogP contribution in [0.25, 0.3) is 0 Å². The molecule has 7 heteroatoms. The van der Waals surface area contributed by atoms with E-state index >= 15 is 0 Å². The predicted molar refractivity (Wildman–Crippen MR) is 42.3 cm³/mol. The van der Waals surface area contributed by atoms with Crippen LogP contribution in [-0.2, 0) is 15.9 Å². The zero-order chi connectivity index (χ0) is 9.19. The third-order valence-corrected chi connectivity index (χ3v) is 1.89. The highest BCUT2D eigenvalue weighted by atomic mass is 35.5. The Balaban J connectivity index is 2.91. The molecule has 1 heterocycles. The van der Waals surface area contributed by atoms with Gasteiger partial charge in [0.1, 0.15) is 17.2 Å². The fraction of sp³-hybridized carbons (Fsp3) is 0.200. The fourth-order valence-electron chi connectivity index (χ4n) is 0.636. The van der Waals surface area contributed by atoms with Gasteiger partial charge in [-0.15, -0.1) is 0 Å². The molecule has 0 aromatic carbocycles. The molecule has 0 amide bonds. The van der Waals surface area contributed by atoms with Crippen LogP contribution in [-0.4, -0.2) is 22.9 Å². The first kappa shape index (κ1) is 9.37. The molecule has 0 atom stereocenters. The van der Waals surface area contributed by atoms with Crippen LogP contribution >= 0.6 is 11.6 Å². The van der Waals surface area contributed by atoms with Gasteiger partial charge in [-0.3, -0.25) is 4.55 Å². The van der Waals surface area contributed by atoms with Crippen LogP contribution < -0.4 is 0 Å². The molecule has 0 aliphatic carbocycles. The second-order valence-electron chi connectivity index (χ2n) is 2.06. The lowest BCUT2D eigenvalue weighted by Crippen LogP contribution is -2.03. The quantitative estimate of drug-likeness (QED) is 0.566. The van der Waals surface area contributed by atoms with Gasteiger partial charge >= 0.3 is 0 Å². The molecule has 0 saturated carbocycles. The minimum atomic E-state index is -4.04. The largest absolute Gasteiger partial charge is 0.285 e. The van der Waals surface area contributed by atoms with Gasteiger partial charge in [-0.05, 0) is 6.07 Å². The van der Waals surface area contributed by atoms with Crippen molar-refractivity contribution in [3.63, 3.8) is 0 Å². The summed E-state index contributed by atoms with van der Waals surface area (Å²) in [4.78, 5) is 7.14. The second kappa shape index (κ2) is 3.34. The average Bonchev–Trinajstić information content (AvgIpc) is 1.82. The van der Waals surface area contributed by atoms with Crippen molar-refractivity contribution < 1.29 is 13.0 Å². The Morgan fingerprint density at radius 1 is 1.50 bits per heavy atom. The molecule has 0 bridgehead atoms. The monoisotopic (exact) mass is 208 g/mol. The lowest BCUT2D eigenvalue weighted by Gasteiger charge is -1.95. The van der Waals surface area contributed by atoms with E-state index in [-0.39, 0.29) is 10.8 Å². The molecular weight excluding hydrogens is 204 g/mol. The maximum atomic E-state index is 10.4. The van der Waals surface area contributed by atoms with Crippen LogP contribution in [0.3, 0.4) is 0 Å². The Bertz CT molecular complexity index is 378. The molecule has 1 N–H and O–H groups in total. The fourth-order valence-corrected chi connectivity index (χ4v) is 1.34. The Labute approximate surface area is 74.2 Å². The SMILES string of the molecule is O=S(=O)(O)Cc1cc(Cl)ncn1. The average molecular weight is 209 g/mol. The summed E-state index contributed by atoms with van der Waals surface area (Å²) in [7, 11) is -4.04. The minimum absolute atomic E-state index is 0.142. The second-order valence-corrected chi connectivity index (χ2v) is 3.90. The summed E-state index contributed by atoms with van der Waals surface area (Å²) in [6, 6.07) is 1.27. The molecule has 0 aliphatic heterocycles. The van der Waals surface area contributed by atoms with Crippen molar-refractivity contribution in [1.82, 2.24) is 9.97 Å². The number of halogens is 1. The molecule has 66 valence electrons. The molecule has 1 rings (SSSR count). The zero-order valence-corrected chi connectivity index (χ0v) is 7.38. The van der Waals surface area contributed by atoms with Crippen molar-refractivity contribution in [3.05, 3.63) is 23.2 Å². The van der Waals surface area contributed by atoms with Gasteiger partial charge in [-0.2, -0.15) is 8.42 Å². The Morgan fingerprint density at radius 2 is 2.17 bits per heavy atom. The van der Waals surface area contributed by atoms with Crippen molar-refractivity contribution in [1.29, 1.82) is 0 Å². The summed E-state index contributed by atoms with van der Waals surface area (Å²) in [5.41, 5.74) is 0.164. The Hall–Kier alpha value is -0.720. The van der Waals surface area contributed by atoms with Gasteiger partial charge in [-0.25, -0.2) is 9.97 Å². The summed E-state index contributed by atoms with van der Waals surface area (Å²) in [5.74, 6) is -0.546. The highest BCUT2D eigenvalue weighted by molar-refractivity contribution is 7.84. The molecule has 0 saturated heterocycles. The molecule has 0 unspecified atom stereocenters. The van der Waals surface area contributed by atoms with Crippen LogP contribution in [0.2, 0.25) is 5.15 Å². The van der Waals surface area contributed by atoms with E-state index in [1.165, 1.54) is 6.07 Å². The minimum Gasteiger partial charge on any atom is -0.285 e. The Morgan fingerprint density at radius 3 is 2.67 bits per heavy atom.